The van der Waals surface area contributed by atoms with E-state index in [4.69, 9.17) is 0 Å². The van der Waals surface area contributed by atoms with Crippen LogP contribution in [0.1, 0.15) is 46.5 Å². The molecule has 0 aromatic carbocycles. The lowest BCUT2D eigenvalue weighted by molar-refractivity contribution is 0.293. The molecule has 112 valence electrons. The van der Waals surface area contributed by atoms with Crippen LogP contribution < -0.4 is 10.9 Å². The molecule has 2 unspecified atom stereocenters. The van der Waals surface area contributed by atoms with Crippen molar-refractivity contribution >= 4 is 5.82 Å². The van der Waals surface area contributed by atoms with Crippen molar-refractivity contribution in [3.05, 3.63) is 22.7 Å². The molecule has 1 aliphatic carbocycles. The Labute approximate surface area is 121 Å². The van der Waals surface area contributed by atoms with Crippen LogP contribution in [-0.4, -0.2) is 16.1 Å². The summed E-state index contributed by atoms with van der Waals surface area (Å²) in [5.41, 5.74) is 0.00468. The van der Waals surface area contributed by atoms with Crippen molar-refractivity contribution in [3.8, 4) is 0 Å². The van der Waals surface area contributed by atoms with Gasteiger partial charge in [-0.2, -0.15) is 0 Å². The van der Waals surface area contributed by atoms with Gasteiger partial charge in [-0.15, -0.1) is 0 Å². The molecule has 2 atom stereocenters. The van der Waals surface area contributed by atoms with Crippen LogP contribution in [-0.2, 0) is 6.54 Å². The molecule has 0 spiro atoms. The fourth-order valence-corrected chi connectivity index (χ4v) is 3.09. The summed E-state index contributed by atoms with van der Waals surface area (Å²) in [6, 6.07) is 0. The van der Waals surface area contributed by atoms with Crippen molar-refractivity contribution in [1.29, 1.82) is 0 Å². The first-order valence-electron chi connectivity index (χ1n) is 7.85. The first-order valence-corrected chi connectivity index (χ1v) is 7.85. The van der Waals surface area contributed by atoms with Crippen molar-refractivity contribution in [2.24, 2.45) is 17.8 Å². The van der Waals surface area contributed by atoms with E-state index in [1.165, 1.54) is 25.7 Å². The lowest BCUT2D eigenvalue weighted by Gasteiger charge is -2.26. The average Bonchev–Trinajstić information content (AvgIpc) is 2.39. The summed E-state index contributed by atoms with van der Waals surface area (Å²) in [5.74, 6) is 2.46. The van der Waals surface area contributed by atoms with Crippen LogP contribution in [0.25, 0.3) is 0 Å². The molecule has 0 aliphatic heterocycles. The normalized spacial score (nSPS) is 23.0. The summed E-state index contributed by atoms with van der Waals surface area (Å²) in [6.07, 6.45) is 8.69. The molecular formula is C16H27N3O. The minimum atomic E-state index is 0.00468. The third-order valence-corrected chi connectivity index (χ3v) is 4.08. The molecule has 1 aromatic heterocycles. The van der Waals surface area contributed by atoms with Crippen molar-refractivity contribution < 1.29 is 0 Å². The molecule has 1 N–H and O–H groups in total. The zero-order chi connectivity index (χ0) is 14.5. The molecule has 0 bridgehead atoms. The molecule has 0 saturated heterocycles. The number of hydrogen-bond acceptors (Lipinski definition) is 3. The second-order valence-electron chi connectivity index (χ2n) is 6.65. The van der Waals surface area contributed by atoms with Gasteiger partial charge in [-0.1, -0.05) is 33.6 Å². The zero-order valence-electron chi connectivity index (χ0n) is 12.9. The third kappa shape index (κ3) is 4.09. The molecule has 1 aromatic rings. The van der Waals surface area contributed by atoms with Crippen molar-refractivity contribution in [3.63, 3.8) is 0 Å². The number of nitrogens with zero attached hydrogens (tertiary/aromatic N) is 2. The van der Waals surface area contributed by atoms with Crippen LogP contribution in [0, 0.1) is 17.8 Å². The first-order chi connectivity index (χ1) is 9.56. The SMILES string of the molecule is CC(C)Cn1ccnc(NCC2CCCC(C)C2)c1=O. The van der Waals surface area contributed by atoms with Crippen LogP contribution in [0.2, 0.25) is 0 Å². The Hall–Kier alpha value is -1.32. The van der Waals surface area contributed by atoms with Crippen molar-refractivity contribution in [2.75, 3.05) is 11.9 Å². The lowest BCUT2D eigenvalue weighted by atomic mass is 9.82. The second kappa shape index (κ2) is 6.91. The predicted octanol–water partition coefficient (Wildman–Crippen LogP) is 3.14. The van der Waals surface area contributed by atoms with Gasteiger partial charge in [0.15, 0.2) is 5.82 Å². The summed E-state index contributed by atoms with van der Waals surface area (Å²) in [5, 5.41) is 3.27. The van der Waals surface area contributed by atoms with E-state index in [1.807, 2.05) is 0 Å². The highest BCUT2D eigenvalue weighted by atomic mass is 16.1. The summed E-state index contributed by atoms with van der Waals surface area (Å²) in [4.78, 5) is 16.5. The third-order valence-electron chi connectivity index (χ3n) is 4.08. The number of rotatable bonds is 5. The molecule has 2 rings (SSSR count). The minimum Gasteiger partial charge on any atom is -0.365 e. The Balaban J connectivity index is 1.97. The molecule has 4 heteroatoms. The van der Waals surface area contributed by atoms with E-state index in [0.29, 0.717) is 17.7 Å². The summed E-state index contributed by atoms with van der Waals surface area (Å²) in [7, 11) is 0. The fraction of sp³-hybridized carbons (Fsp3) is 0.750. The highest BCUT2D eigenvalue weighted by molar-refractivity contribution is 5.30. The maximum Gasteiger partial charge on any atom is 0.293 e. The largest absolute Gasteiger partial charge is 0.365 e. The van der Waals surface area contributed by atoms with E-state index in [1.54, 1.807) is 17.0 Å². The molecular weight excluding hydrogens is 250 g/mol. The van der Waals surface area contributed by atoms with Gasteiger partial charge in [-0.05, 0) is 30.6 Å². The first kappa shape index (κ1) is 15.1. The standard InChI is InChI=1S/C16H27N3O/c1-12(2)11-19-8-7-17-15(16(19)20)18-10-14-6-4-5-13(3)9-14/h7-8,12-14H,4-6,9-11H2,1-3H3,(H,17,18). The Bertz CT molecular complexity index is 481. The average molecular weight is 277 g/mol. The monoisotopic (exact) mass is 277 g/mol. The molecule has 1 aliphatic rings. The smallest absolute Gasteiger partial charge is 0.293 e. The van der Waals surface area contributed by atoms with Gasteiger partial charge >= 0.3 is 0 Å². The van der Waals surface area contributed by atoms with E-state index in [0.717, 1.165) is 19.0 Å². The quantitative estimate of drug-likeness (QED) is 0.899. The summed E-state index contributed by atoms with van der Waals surface area (Å²) >= 11 is 0. The van der Waals surface area contributed by atoms with Crippen LogP contribution in [0.4, 0.5) is 5.82 Å². The van der Waals surface area contributed by atoms with Crippen molar-refractivity contribution in [1.82, 2.24) is 9.55 Å². The van der Waals surface area contributed by atoms with Gasteiger partial charge in [-0.25, -0.2) is 4.98 Å². The Morgan fingerprint density at radius 2 is 2.25 bits per heavy atom. The molecule has 1 fully saturated rings. The van der Waals surface area contributed by atoms with Gasteiger partial charge in [0, 0.05) is 25.5 Å². The Morgan fingerprint density at radius 3 is 2.95 bits per heavy atom. The molecule has 1 heterocycles. The fourth-order valence-electron chi connectivity index (χ4n) is 3.09. The molecule has 4 nitrogen and oxygen atoms in total. The van der Waals surface area contributed by atoms with E-state index in [2.05, 4.69) is 31.1 Å². The number of nitrogens with one attached hydrogen (secondary N) is 1. The molecule has 0 amide bonds. The minimum absolute atomic E-state index is 0.00468. The summed E-state index contributed by atoms with van der Waals surface area (Å²) < 4.78 is 1.75. The lowest BCUT2D eigenvalue weighted by Crippen LogP contribution is -2.28. The predicted molar refractivity (Wildman–Crippen MR) is 82.9 cm³/mol. The van der Waals surface area contributed by atoms with Crippen LogP contribution in [0.15, 0.2) is 17.2 Å². The number of anilines is 1. The van der Waals surface area contributed by atoms with Crippen LogP contribution in [0.3, 0.4) is 0 Å². The van der Waals surface area contributed by atoms with Gasteiger partial charge in [0.1, 0.15) is 0 Å². The van der Waals surface area contributed by atoms with E-state index in [9.17, 15) is 4.79 Å². The molecule has 0 radical (unpaired) electrons. The molecule has 1 saturated carbocycles. The van der Waals surface area contributed by atoms with E-state index in [-0.39, 0.29) is 5.56 Å². The maximum atomic E-state index is 12.3. The highest BCUT2D eigenvalue weighted by Gasteiger charge is 2.19. The van der Waals surface area contributed by atoms with Gasteiger partial charge in [0.05, 0.1) is 0 Å². The van der Waals surface area contributed by atoms with Crippen LogP contribution in [0.5, 0.6) is 0 Å². The Morgan fingerprint density at radius 1 is 1.45 bits per heavy atom. The van der Waals surface area contributed by atoms with Crippen molar-refractivity contribution in [2.45, 2.75) is 53.0 Å². The van der Waals surface area contributed by atoms with E-state index < -0.39 is 0 Å². The molecule has 20 heavy (non-hydrogen) atoms. The Kier molecular flexibility index (Phi) is 5.21. The van der Waals surface area contributed by atoms with Gasteiger partial charge < -0.3 is 9.88 Å². The highest BCUT2D eigenvalue weighted by Crippen LogP contribution is 2.28. The van der Waals surface area contributed by atoms with Gasteiger partial charge in [-0.3, -0.25) is 4.79 Å². The number of hydrogen-bond donors (Lipinski definition) is 1. The summed E-state index contributed by atoms with van der Waals surface area (Å²) in [6.45, 7) is 8.17. The van der Waals surface area contributed by atoms with Crippen LogP contribution >= 0.6 is 0 Å². The maximum absolute atomic E-state index is 12.3. The number of aromatic nitrogens is 2. The zero-order valence-corrected chi connectivity index (χ0v) is 12.9. The van der Waals surface area contributed by atoms with Gasteiger partial charge in [0.2, 0.25) is 0 Å². The van der Waals surface area contributed by atoms with E-state index >= 15 is 0 Å². The topological polar surface area (TPSA) is 46.9 Å². The second-order valence-corrected chi connectivity index (χ2v) is 6.65. The van der Waals surface area contributed by atoms with Gasteiger partial charge in [0.25, 0.3) is 5.56 Å².